The average molecular weight is 381 g/mol. The number of nitrogens with one attached hydrogen (secondary N) is 1. The SMILES string of the molecule is CCCNC(=S)N1CCN(c2nc(-c3ccc(Cl)cc3)cs2)CC1. The fraction of sp³-hybridized carbons (Fsp3) is 0.412. The summed E-state index contributed by atoms with van der Waals surface area (Å²) in [5, 5.41) is 8.11. The maximum absolute atomic E-state index is 5.95. The van der Waals surface area contributed by atoms with Crippen LogP contribution in [0.15, 0.2) is 29.6 Å². The third-order valence-electron chi connectivity index (χ3n) is 4.00. The predicted molar refractivity (Wildman–Crippen MR) is 107 cm³/mol. The van der Waals surface area contributed by atoms with Gasteiger partial charge in [-0.1, -0.05) is 30.7 Å². The summed E-state index contributed by atoms with van der Waals surface area (Å²) in [6.07, 6.45) is 1.09. The average Bonchev–Trinajstić information content (AvgIpc) is 3.10. The molecule has 2 heterocycles. The fourth-order valence-electron chi connectivity index (χ4n) is 2.61. The van der Waals surface area contributed by atoms with E-state index in [-0.39, 0.29) is 0 Å². The van der Waals surface area contributed by atoms with Gasteiger partial charge in [-0.05, 0) is 30.8 Å². The minimum Gasteiger partial charge on any atom is -0.363 e. The molecule has 1 saturated heterocycles. The first kappa shape index (κ1) is 17.5. The molecule has 0 unspecified atom stereocenters. The molecule has 1 aliphatic heterocycles. The lowest BCUT2D eigenvalue weighted by Gasteiger charge is -2.36. The molecule has 3 rings (SSSR count). The van der Waals surface area contributed by atoms with Crippen molar-refractivity contribution in [2.75, 3.05) is 37.6 Å². The number of nitrogens with zero attached hydrogens (tertiary/aromatic N) is 3. The van der Waals surface area contributed by atoms with Gasteiger partial charge in [0, 0.05) is 48.7 Å². The van der Waals surface area contributed by atoms with Crippen molar-refractivity contribution in [2.45, 2.75) is 13.3 Å². The van der Waals surface area contributed by atoms with Crippen LogP contribution in [0.2, 0.25) is 5.02 Å². The molecule has 0 atom stereocenters. The van der Waals surface area contributed by atoms with Crippen LogP contribution in [0.3, 0.4) is 0 Å². The highest BCUT2D eigenvalue weighted by atomic mass is 35.5. The van der Waals surface area contributed by atoms with E-state index in [2.05, 4.69) is 27.4 Å². The van der Waals surface area contributed by atoms with Gasteiger partial charge in [0.25, 0.3) is 0 Å². The van der Waals surface area contributed by atoms with Gasteiger partial charge in [0.2, 0.25) is 0 Å². The van der Waals surface area contributed by atoms with Crippen LogP contribution < -0.4 is 10.2 Å². The van der Waals surface area contributed by atoms with E-state index in [9.17, 15) is 0 Å². The summed E-state index contributed by atoms with van der Waals surface area (Å²) >= 11 is 13.1. The van der Waals surface area contributed by atoms with Gasteiger partial charge in [0.1, 0.15) is 0 Å². The van der Waals surface area contributed by atoms with Crippen molar-refractivity contribution < 1.29 is 0 Å². The number of thiocarbonyl (C=S) groups is 1. The van der Waals surface area contributed by atoms with E-state index in [0.717, 1.165) is 65.7 Å². The molecule has 2 aromatic rings. The van der Waals surface area contributed by atoms with Crippen LogP contribution in [0.4, 0.5) is 5.13 Å². The summed E-state index contributed by atoms with van der Waals surface area (Å²) in [5.74, 6) is 0. The maximum atomic E-state index is 5.95. The van der Waals surface area contributed by atoms with E-state index < -0.39 is 0 Å². The first-order valence-electron chi connectivity index (χ1n) is 8.16. The zero-order chi connectivity index (χ0) is 16.9. The monoisotopic (exact) mass is 380 g/mol. The van der Waals surface area contributed by atoms with Crippen molar-refractivity contribution in [3.05, 3.63) is 34.7 Å². The van der Waals surface area contributed by atoms with Gasteiger partial charge in [0.15, 0.2) is 10.2 Å². The zero-order valence-corrected chi connectivity index (χ0v) is 16.1. The van der Waals surface area contributed by atoms with Crippen LogP contribution in [-0.2, 0) is 0 Å². The maximum Gasteiger partial charge on any atom is 0.185 e. The zero-order valence-electron chi connectivity index (χ0n) is 13.7. The molecule has 1 aromatic carbocycles. The molecule has 0 spiro atoms. The van der Waals surface area contributed by atoms with E-state index in [1.807, 2.05) is 24.3 Å². The summed E-state index contributed by atoms with van der Waals surface area (Å²) in [4.78, 5) is 9.37. The lowest BCUT2D eigenvalue weighted by molar-refractivity contribution is 0.380. The van der Waals surface area contributed by atoms with Crippen LogP contribution in [0.5, 0.6) is 0 Å². The van der Waals surface area contributed by atoms with Crippen LogP contribution in [0.25, 0.3) is 11.3 Å². The number of anilines is 1. The van der Waals surface area contributed by atoms with Gasteiger partial charge >= 0.3 is 0 Å². The lowest BCUT2D eigenvalue weighted by atomic mass is 10.2. The van der Waals surface area contributed by atoms with Gasteiger partial charge in [0.05, 0.1) is 5.69 Å². The molecular formula is C17H21ClN4S2. The molecule has 0 amide bonds. The third kappa shape index (κ3) is 4.18. The molecule has 0 aliphatic carbocycles. The van der Waals surface area contributed by atoms with E-state index in [1.54, 1.807) is 11.3 Å². The second kappa shape index (κ2) is 8.14. The number of rotatable bonds is 4. The van der Waals surface area contributed by atoms with Crippen molar-refractivity contribution in [1.29, 1.82) is 0 Å². The summed E-state index contributed by atoms with van der Waals surface area (Å²) < 4.78 is 0. The van der Waals surface area contributed by atoms with Gasteiger partial charge < -0.3 is 15.1 Å². The van der Waals surface area contributed by atoms with Gasteiger partial charge in [-0.2, -0.15) is 0 Å². The Bertz CT molecular complexity index is 678. The number of piperazine rings is 1. The first-order chi connectivity index (χ1) is 11.7. The molecule has 1 fully saturated rings. The Morgan fingerprint density at radius 1 is 1.25 bits per heavy atom. The van der Waals surface area contributed by atoms with Gasteiger partial charge in [-0.25, -0.2) is 4.98 Å². The predicted octanol–water partition coefficient (Wildman–Crippen LogP) is 3.87. The second-order valence-electron chi connectivity index (χ2n) is 5.73. The Hall–Kier alpha value is -1.37. The molecule has 0 bridgehead atoms. The standard InChI is InChI=1S/C17H21ClN4S2/c1-2-7-19-16(23)21-8-10-22(11-9-21)17-20-15(12-24-17)13-3-5-14(18)6-4-13/h3-6,12H,2,7-11H2,1H3,(H,19,23). The smallest absolute Gasteiger partial charge is 0.185 e. The number of halogens is 1. The summed E-state index contributed by atoms with van der Waals surface area (Å²) in [6.45, 7) is 6.85. The summed E-state index contributed by atoms with van der Waals surface area (Å²) in [5.41, 5.74) is 2.11. The van der Waals surface area contributed by atoms with Crippen LogP contribution in [-0.4, -0.2) is 47.7 Å². The van der Waals surface area contributed by atoms with Gasteiger partial charge in [-0.15, -0.1) is 11.3 Å². The van der Waals surface area contributed by atoms with Crippen molar-refractivity contribution in [2.24, 2.45) is 0 Å². The van der Waals surface area contributed by atoms with E-state index >= 15 is 0 Å². The summed E-state index contributed by atoms with van der Waals surface area (Å²) in [7, 11) is 0. The highest BCUT2D eigenvalue weighted by molar-refractivity contribution is 7.80. The van der Waals surface area contributed by atoms with Crippen molar-refractivity contribution in [1.82, 2.24) is 15.2 Å². The van der Waals surface area contributed by atoms with Crippen molar-refractivity contribution in [3.8, 4) is 11.3 Å². The van der Waals surface area contributed by atoms with Gasteiger partial charge in [-0.3, -0.25) is 0 Å². The minimum atomic E-state index is 0.748. The Balaban J connectivity index is 1.59. The number of hydrogen-bond donors (Lipinski definition) is 1. The first-order valence-corrected chi connectivity index (χ1v) is 9.83. The number of thiazole rings is 1. The van der Waals surface area contributed by atoms with Crippen LogP contribution >= 0.6 is 35.2 Å². The molecule has 1 N–H and O–H groups in total. The Morgan fingerprint density at radius 2 is 1.96 bits per heavy atom. The molecule has 1 aliphatic rings. The van der Waals surface area contributed by atoms with E-state index in [4.69, 9.17) is 28.8 Å². The second-order valence-corrected chi connectivity index (χ2v) is 7.39. The summed E-state index contributed by atoms with van der Waals surface area (Å²) in [6, 6.07) is 7.83. The highest BCUT2D eigenvalue weighted by Gasteiger charge is 2.21. The Morgan fingerprint density at radius 3 is 2.62 bits per heavy atom. The molecule has 0 saturated carbocycles. The van der Waals surface area contributed by atoms with Crippen LogP contribution in [0, 0.1) is 0 Å². The number of hydrogen-bond acceptors (Lipinski definition) is 4. The van der Waals surface area contributed by atoms with E-state index in [1.165, 1.54) is 0 Å². The largest absolute Gasteiger partial charge is 0.363 e. The lowest BCUT2D eigenvalue weighted by Crippen LogP contribution is -2.51. The molecule has 0 radical (unpaired) electrons. The quantitative estimate of drug-likeness (QED) is 0.814. The molecular weight excluding hydrogens is 360 g/mol. The van der Waals surface area contributed by atoms with Crippen molar-refractivity contribution in [3.63, 3.8) is 0 Å². The topological polar surface area (TPSA) is 31.4 Å². The molecule has 4 nitrogen and oxygen atoms in total. The van der Waals surface area contributed by atoms with Crippen LogP contribution in [0.1, 0.15) is 13.3 Å². The third-order valence-corrected chi connectivity index (χ3v) is 5.55. The fourth-order valence-corrected chi connectivity index (χ4v) is 3.91. The van der Waals surface area contributed by atoms with Crippen molar-refractivity contribution >= 4 is 45.4 Å². The Labute approximate surface area is 157 Å². The highest BCUT2D eigenvalue weighted by Crippen LogP contribution is 2.28. The number of benzene rings is 1. The minimum absolute atomic E-state index is 0.748. The molecule has 128 valence electrons. The normalized spacial score (nSPS) is 14.8. The molecule has 7 heteroatoms. The Kier molecular flexibility index (Phi) is 5.92. The molecule has 1 aromatic heterocycles. The molecule has 24 heavy (non-hydrogen) atoms. The van der Waals surface area contributed by atoms with E-state index in [0.29, 0.717) is 0 Å². The number of aromatic nitrogens is 1.